The Kier molecular flexibility index (Phi) is 5.70. The Morgan fingerprint density at radius 3 is 2.25 bits per heavy atom. The van der Waals surface area contributed by atoms with Crippen molar-refractivity contribution in [1.29, 1.82) is 0 Å². The van der Waals surface area contributed by atoms with E-state index in [1.165, 1.54) is 4.90 Å². The van der Waals surface area contributed by atoms with Gasteiger partial charge in [0.1, 0.15) is 17.2 Å². The lowest BCUT2D eigenvalue weighted by atomic mass is 10.1. The Bertz CT molecular complexity index is 958. The molecule has 0 atom stereocenters. The van der Waals surface area contributed by atoms with Gasteiger partial charge in [0.2, 0.25) is 0 Å². The van der Waals surface area contributed by atoms with E-state index in [1.54, 1.807) is 70.9 Å². The van der Waals surface area contributed by atoms with Crippen molar-refractivity contribution in [1.82, 2.24) is 5.32 Å². The highest BCUT2D eigenvalue weighted by Crippen LogP contribution is 2.36. The maximum atomic E-state index is 13.0. The summed E-state index contributed by atoms with van der Waals surface area (Å²) in [6.07, 6.45) is 1.66. The monoisotopic (exact) mass is 400 g/mol. The number of carbonyl (C=O) groups is 1. The number of amides is 1. The van der Waals surface area contributed by atoms with Gasteiger partial charge in [-0.3, -0.25) is 9.69 Å². The molecular weight excluding hydrogens is 380 g/mol. The van der Waals surface area contributed by atoms with Crippen LogP contribution >= 0.6 is 12.2 Å². The third-order valence-electron chi connectivity index (χ3n) is 4.23. The van der Waals surface area contributed by atoms with Crippen molar-refractivity contribution in [2.75, 3.05) is 33.3 Å². The van der Waals surface area contributed by atoms with Crippen LogP contribution in [-0.4, -0.2) is 39.5 Å². The van der Waals surface area contributed by atoms with E-state index in [4.69, 9.17) is 31.2 Å². The molecule has 1 heterocycles. The second kappa shape index (κ2) is 8.18. The first-order chi connectivity index (χ1) is 13.5. The summed E-state index contributed by atoms with van der Waals surface area (Å²) >= 11 is 5.36. The van der Waals surface area contributed by atoms with Gasteiger partial charge in [0.25, 0.3) is 5.91 Å². The van der Waals surface area contributed by atoms with E-state index < -0.39 is 0 Å². The highest BCUT2D eigenvalue weighted by molar-refractivity contribution is 7.80. The van der Waals surface area contributed by atoms with Crippen LogP contribution in [0.25, 0.3) is 6.08 Å². The molecule has 28 heavy (non-hydrogen) atoms. The molecule has 1 aliphatic rings. The summed E-state index contributed by atoms with van der Waals surface area (Å²) in [6.45, 7) is 0. The first kappa shape index (κ1) is 19.5. The molecule has 8 heteroatoms. The summed E-state index contributed by atoms with van der Waals surface area (Å²) in [6, 6.07) is 10.6. The zero-order valence-corrected chi connectivity index (χ0v) is 16.8. The minimum atomic E-state index is -0.282. The largest absolute Gasteiger partial charge is 0.497 e. The lowest BCUT2D eigenvalue weighted by molar-refractivity contribution is -0.113. The highest BCUT2D eigenvalue weighted by Gasteiger charge is 2.32. The molecule has 0 bridgehead atoms. The van der Waals surface area contributed by atoms with Gasteiger partial charge >= 0.3 is 0 Å². The van der Waals surface area contributed by atoms with Crippen LogP contribution in [-0.2, 0) is 4.79 Å². The molecule has 1 aliphatic heterocycles. The maximum Gasteiger partial charge on any atom is 0.281 e. The average molecular weight is 400 g/mol. The summed E-state index contributed by atoms with van der Waals surface area (Å²) in [5.41, 5.74) is 1.58. The van der Waals surface area contributed by atoms with Crippen LogP contribution in [0.3, 0.4) is 0 Å². The van der Waals surface area contributed by atoms with E-state index in [1.807, 2.05) is 0 Å². The van der Waals surface area contributed by atoms with Crippen molar-refractivity contribution in [2.45, 2.75) is 0 Å². The number of anilines is 1. The molecule has 7 nitrogen and oxygen atoms in total. The van der Waals surface area contributed by atoms with Gasteiger partial charge in [-0.25, -0.2) is 0 Å². The number of ether oxygens (including phenoxy) is 4. The fourth-order valence-corrected chi connectivity index (χ4v) is 3.14. The first-order valence-corrected chi connectivity index (χ1v) is 8.74. The van der Waals surface area contributed by atoms with E-state index in [-0.39, 0.29) is 11.0 Å². The van der Waals surface area contributed by atoms with Gasteiger partial charge in [-0.1, -0.05) is 6.07 Å². The van der Waals surface area contributed by atoms with Gasteiger partial charge < -0.3 is 24.3 Å². The van der Waals surface area contributed by atoms with E-state index in [2.05, 4.69) is 5.32 Å². The van der Waals surface area contributed by atoms with Gasteiger partial charge in [-0.15, -0.1) is 0 Å². The average Bonchev–Trinajstić information content (AvgIpc) is 3.00. The van der Waals surface area contributed by atoms with Crippen LogP contribution in [0.1, 0.15) is 5.56 Å². The van der Waals surface area contributed by atoms with E-state index in [0.29, 0.717) is 39.9 Å². The van der Waals surface area contributed by atoms with Crippen molar-refractivity contribution in [3.8, 4) is 23.0 Å². The van der Waals surface area contributed by atoms with Crippen LogP contribution in [0.5, 0.6) is 23.0 Å². The first-order valence-electron chi connectivity index (χ1n) is 8.33. The number of carbonyl (C=O) groups excluding carboxylic acids is 1. The number of hydrogen-bond acceptors (Lipinski definition) is 6. The summed E-state index contributed by atoms with van der Waals surface area (Å²) < 4.78 is 21.3. The second-order valence-corrected chi connectivity index (χ2v) is 6.17. The van der Waals surface area contributed by atoms with Crippen molar-refractivity contribution >= 4 is 35.0 Å². The topological polar surface area (TPSA) is 69.3 Å². The van der Waals surface area contributed by atoms with Crippen LogP contribution in [0.15, 0.2) is 42.1 Å². The summed E-state index contributed by atoms with van der Waals surface area (Å²) in [7, 11) is 6.19. The minimum Gasteiger partial charge on any atom is -0.497 e. The number of hydrogen-bond donors (Lipinski definition) is 1. The van der Waals surface area contributed by atoms with Crippen LogP contribution in [0, 0.1) is 0 Å². The molecule has 3 rings (SSSR count). The van der Waals surface area contributed by atoms with Gasteiger partial charge in [0.05, 0.1) is 34.1 Å². The maximum absolute atomic E-state index is 13.0. The number of nitrogens with one attached hydrogen (secondary N) is 1. The van der Waals surface area contributed by atoms with Gasteiger partial charge in [0, 0.05) is 17.7 Å². The van der Waals surface area contributed by atoms with Crippen molar-refractivity contribution in [3.05, 3.63) is 47.7 Å². The Hall–Kier alpha value is -3.26. The van der Waals surface area contributed by atoms with Crippen molar-refractivity contribution in [2.24, 2.45) is 0 Å². The van der Waals surface area contributed by atoms with Gasteiger partial charge in [-0.05, 0) is 36.5 Å². The molecule has 0 saturated carbocycles. The summed E-state index contributed by atoms with van der Waals surface area (Å²) in [4.78, 5) is 14.4. The van der Waals surface area contributed by atoms with Crippen molar-refractivity contribution < 1.29 is 23.7 Å². The smallest absolute Gasteiger partial charge is 0.281 e. The molecule has 0 unspecified atom stereocenters. The Balaban J connectivity index is 2.00. The molecule has 0 aliphatic carbocycles. The summed E-state index contributed by atoms with van der Waals surface area (Å²) in [5, 5.41) is 3.24. The second-order valence-electron chi connectivity index (χ2n) is 5.78. The van der Waals surface area contributed by atoms with Crippen molar-refractivity contribution in [3.63, 3.8) is 0 Å². The molecule has 0 aromatic heterocycles. The van der Waals surface area contributed by atoms with Gasteiger partial charge in [-0.2, -0.15) is 0 Å². The molecule has 2 aromatic carbocycles. The molecule has 1 amide bonds. The van der Waals surface area contributed by atoms with Crippen LogP contribution < -0.4 is 29.2 Å². The number of nitrogens with zero attached hydrogens (tertiary/aromatic N) is 1. The fourth-order valence-electron chi connectivity index (χ4n) is 2.84. The Labute approximate surface area is 168 Å². The third-order valence-corrected chi connectivity index (χ3v) is 4.51. The normalized spacial score (nSPS) is 14.9. The molecule has 0 radical (unpaired) electrons. The lowest BCUT2D eigenvalue weighted by Gasteiger charge is -2.14. The number of thiocarbonyl (C=S) groups is 1. The quantitative estimate of drug-likeness (QED) is 0.591. The lowest BCUT2D eigenvalue weighted by Crippen LogP contribution is -2.30. The zero-order chi connectivity index (χ0) is 20.3. The molecule has 2 aromatic rings. The molecular formula is C20H20N2O5S. The number of rotatable bonds is 6. The molecule has 1 N–H and O–H groups in total. The summed E-state index contributed by atoms with van der Waals surface area (Å²) in [5.74, 6) is 1.93. The fraction of sp³-hybridized carbons (Fsp3) is 0.200. The van der Waals surface area contributed by atoms with E-state index in [0.717, 1.165) is 0 Å². The number of methoxy groups -OCH3 is 4. The molecule has 146 valence electrons. The Morgan fingerprint density at radius 1 is 0.929 bits per heavy atom. The van der Waals surface area contributed by atoms with E-state index >= 15 is 0 Å². The Morgan fingerprint density at radius 2 is 1.61 bits per heavy atom. The van der Waals surface area contributed by atoms with Gasteiger partial charge in [0.15, 0.2) is 16.6 Å². The predicted molar refractivity (Wildman–Crippen MR) is 110 cm³/mol. The molecule has 1 saturated heterocycles. The molecule has 0 spiro atoms. The predicted octanol–water partition coefficient (Wildman–Crippen LogP) is 2.98. The van der Waals surface area contributed by atoms with Crippen LogP contribution in [0.2, 0.25) is 0 Å². The zero-order valence-electron chi connectivity index (χ0n) is 15.9. The third kappa shape index (κ3) is 3.59. The SMILES string of the molecule is COc1cccc(N2C(=O)/C(=C\c3cc(OC)c(OC)cc3OC)NC2=S)c1. The standard InChI is InChI=1S/C20H20N2O5S/c1-24-14-7-5-6-13(10-14)22-19(23)15(21-20(22)28)8-12-9-17(26-3)18(27-4)11-16(12)25-2/h5-11H,1-4H3,(H,21,28)/b15-8+. The molecule has 1 fully saturated rings. The minimum absolute atomic E-state index is 0.281. The van der Waals surface area contributed by atoms with Crippen LogP contribution in [0.4, 0.5) is 5.69 Å². The van der Waals surface area contributed by atoms with E-state index in [9.17, 15) is 4.79 Å². The number of benzene rings is 2. The highest BCUT2D eigenvalue weighted by atomic mass is 32.1.